The summed E-state index contributed by atoms with van der Waals surface area (Å²) < 4.78 is 27.1. The number of carboxylic acid groups (broad SMARTS) is 1. The highest BCUT2D eigenvalue weighted by atomic mass is 127. The Morgan fingerprint density at radius 1 is 1.13 bits per heavy atom. The Labute approximate surface area is 157 Å². The van der Waals surface area contributed by atoms with Gasteiger partial charge in [0.25, 0.3) is 10.0 Å². The van der Waals surface area contributed by atoms with Gasteiger partial charge in [0, 0.05) is 3.57 Å². The molecule has 122 valence electrons. The number of aliphatic carboxylic acids is 1. The quantitative estimate of drug-likeness (QED) is 0.652. The Balaban J connectivity index is 2.60. The van der Waals surface area contributed by atoms with Gasteiger partial charge in [-0.1, -0.05) is 35.3 Å². The first-order valence-electron chi connectivity index (χ1n) is 6.17. The van der Waals surface area contributed by atoms with Gasteiger partial charge >= 0.3 is 5.97 Å². The predicted octanol–water partition coefficient (Wildman–Crippen LogP) is 3.88. The van der Waals surface area contributed by atoms with E-state index in [-0.39, 0.29) is 20.6 Å². The molecule has 2 rings (SSSR count). The van der Waals surface area contributed by atoms with Crippen LogP contribution >= 0.6 is 45.8 Å². The summed E-state index contributed by atoms with van der Waals surface area (Å²) in [6, 6.07) is 10.4. The number of halogens is 3. The topological polar surface area (TPSA) is 74.7 Å². The van der Waals surface area contributed by atoms with Gasteiger partial charge < -0.3 is 5.11 Å². The average Bonchev–Trinajstić information content (AvgIpc) is 2.48. The Morgan fingerprint density at radius 2 is 1.78 bits per heavy atom. The molecule has 0 radical (unpaired) electrons. The van der Waals surface area contributed by atoms with Crippen LogP contribution in [0.15, 0.2) is 47.4 Å². The third kappa shape index (κ3) is 4.09. The van der Waals surface area contributed by atoms with E-state index in [2.05, 4.69) is 0 Å². The van der Waals surface area contributed by atoms with Gasteiger partial charge in [0.1, 0.15) is 6.54 Å². The van der Waals surface area contributed by atoms with Crippen molar-refractivity contribution in [3.05, 3.63) is 56.1 Å². The molecule has 0 aromatic heterocycles. The lowest BCUT2D eigenvalue weighted by molar-refractivity contribution is -0.135. The molecule has 0 unspecified atom stereocenters. The van der Waals surface area contributed by atoms with Gasteiger partial charge in [0.15, 0.2) is 0 Å². The van der Waals surface area contributed by atoms with E-state index in [1.165, 1.54) is 18.2 Å². The minimum Gasteiger partial charge on any atom is -0.480 e. The summed E-state index contributed by atoms with van der Waals surface area (Å²) in [6.07, 6.45) is 0. The van der Waals surface area contributed by atoms with Crippen molar-refractivity contribution in [3.8, 4) is 0 Å². The number of carboxylic acids is 1. The van der Waals surface area contributed by atoms with Crippen molar-refractivity contribution in [1.82, 2.24) is 0 Å². The fourth-order valence-corrected chi connectivity index (χ4v) is 4.51. The zero-order chi connectivity index (χ0) is 17.2. The number of sulfonamides is 1. The number of rotatable bonds is 5. The molecule has 1 N–H and O–H groups in total. The van der Waals surface area contributed by atoms with Crippen LogP contribution in [0.3, 0.4) is 0 Å². The average molecular weight is 486 g/mol. The largest absolute Gasteiger partial charge is 0.480 e. The summed E-state index contributed by atoms with van der Waals surface area (Å²) in [5.74, 6) is -1.27. The normalized spacial score (nSPS) is 11.3. The highest BCUT2D eigenvalue weighted by molar-refractivity contribution is 14.1. The highest BCUT2D eigenvalue weighted by Gasteiger charge is 2.28. The summed E-state index contributed by atoms with van der Waals surface area (Å²) in [5.41, 5.74) is 0.279. The SMILES string of the molecule is O=C(O)CN(c1ccccc1I)S(=O)(=O)c1ccc(Cl)c(Cl)c1. The van der Waals surface area contributed by atoms with Gasteiger partial charge in [-0.15, -0.1) is 0 Å². The Bertz CT molecular complexity index is 858. The van der Waals surface area contributed by atoms with E-state index in [4.69, 9.17) is 28.3 Å². The Kier molecular flexibility index (Phi) is 5.77. The lowest BCUT2D eigenvalue weighted by atomic mass is 10.3. The molecule has 2 aromatic carbocycles. The molecule has 0 saturated carbocycles. The van der Waals surface area contributed by atoms with Crippen molar-refractivity contribution in [2.45, 2.75) is 4.90 Å². The van der Waals surface area contributed by atoms with Gasteiger partial charge in [-0.2, -0.15) is 0 Å². The van der Waals surface area contributed by atoms with Gasteiger partial charge in [-0.3, -0.25) is 9.10 Å². The molecule has 0 aliphatic rings. The first kappa shape index (κ1) is 18.3. The molecule has 0 heterocycles. The lowest BCUT2D eigenvalue weighted by Crippen LogP contribution is -2.36. The van der Waals surface area contributed by atoms with Crippen molar-refractivity contribution < 1.29 is 18.3 Å². The van der Waals surface area contributed by atoms with Gasteiger partial charge in [-0.25, -0.2) is 8.42 Å². The summed E-state index contributed by atoms with van der Waals surface area (Å²) >= 11 is 13.6. The number of anilines is 1. The highest BCUT2D eigenvalue weighted by Crippen LogP contribution is 2.31. The number of hydrogen-bond acceptors (Lipinski definition) is 3. The second-order valence-corrected chi connectivity index (χ2v) is 8.27. The van der Waals surface area contributed by atoms with Gasteiger partial charge in [-0.05, 0) is 52.9 Å². The summed E-state index contributed by atoms with van der Waals surface area (Å²) in [4.78, 5) is 11.0. The van der Waals surface area contributed by atoms with Gasteiger partial charge in [0.05, 0.1) is 20.6 Å². The van der Waals surface area contributed by atoms with Crippen LogP contribution in [0, 0.1) is 3.57 Å². The first-order valence-corrected chi connectivity index (χ1v) is 9.45. The van der Waals surface area contributed by atoms with E-state index in [0.717, 1.165) is 4.31 Å². The van der Waals surface area contributed by atoms with E-state index in [9.17, 15) is 13.2 Å². The summed E-state index contributed by atoms with van der Waals surface area (Å²) in [6.45, 7) is -0.706. The van der Waals surface area contributed by atoms with Crippen LogP contribution in [-0.4, -0.2) is 26.0 Å². The van der Waals surface area contributed by atoms with Crippen LogP contribution in [0.2, 0.25) is 10.0 Å². The lowest BCUT2D eigenvalue weighted by Gasteiger charge is -2.24. The number of benzene rings is 2. The van der Waals surface area contributed by atoms with Crippen molar-refractivity contribution in [1.29, 1.82) is 0 Å². The van der Waals surface area contributed by atoms with Gasteiger partial charge in [0.2, 0.25) is 0 Å². The maximum absolute atomic E-state index is 12.8. The molecule has 5 nitrogen and oxygen atoms in total. The van der Waals surface area contributed by atoms with Crippen molar-refractivity contribution in [2.24, 2.45) is 0 Å². The maximum Gasteiger partial charge on any atom is 0.324 e. The van der Waals surface area contributed by atoms with Crippen LogP contribution in [0.1, 0.15) is 0 Å². The van der Waals surface area contributed by atoms with Crippen LogP contribution in [0.5, 0.6) is 0 Å². The standard InChI is InChI=1S/C14H10Cl2INO4S/c15-10-6-5-9(7-11(10)16)23(21,22)18(8-14(19)20)13-4-2-1-3-12(13)17/h1-7H,8H2,(H,19,20). The first-order chi connectivity index (χ1) is 10.7. The van der Waals surface area contributed by atoms with E-state index in [0.29, 0.717) is 3.57 Å². The number of hydrogen-bond donors (Lipinski definition) is 1. The monoisotopic (exact) mass is 485 g/mol. The van der Waals surface area contributed by atoms with E-state index >= 15 is 0 Å². The van der Waals surface area contributed by atoms with Crippen LogP contribution < -0.4 is 4.31 Å². The molecule has 0 fully saturated rings. The number of nitrogens with zero attached hydrogens (tertiary/aromatic N) is 1. The number of para-hydroxylation sites is 1. The number of carbonyl (C=O) groups is 1. The summed E-state index contributed by atoms with van der Waals surface area (Å²) in [7, 11) is -4.11. The maximum atomic E-state index is 12.8. The smallest absolute Gasteiger partial charge is 0.324 e. The molecule has 9 heteroatoms. The molecular weight excluding hydrogens is 476 g/mol. The molecule has 0 atom stereocenters. The molecule has 0 aliphatic carbocycles. The summed E-state index contributed by atoms with van der Waals surface area (Å²) in [5, 5.41) is 9.38. The van der Waals surface area contributed by atoms with Crippen LogP contribution in [0.25, 0.3) is 0 Å². The van der Waals surface area contributed by atoms with Crippen LogP contribution in [0.4, 0.5) is 5.69 Å². The molecule has 0 saturated heterocycles. The third-order valence-electron chi connectivity index (χ3n) is 2.88. The molecular formula is C14H10Cl2INO4S. The predicted molar refractivity (Wildman–Crippen MR) is 97.8 cm³/mol. The molecule has 2 aromatic rings. The minimum absolute atomic E-state index is 0.0748. The minimum atomic E-state index is -4.11. The van der Waals surface area contributed by atoms with Crippen molar-refractivity contribution in [3.63, 3.8) is 0 Å². The van der Waals surface area contributed by atoms with Crippen LogP contribution in [-0.2, 0) is 14.8 Å². The fourth-order valence-electron chi connectivity index (χ4n) is 1.84. The molecule has 23 heavy (non-hydrogen) atoms. The zero-order valence-electron chi connectivity index (χ0n) is 11.4. The molecule has 0 aliphatic heterocycles. The fraction of sp³-hybridized carbons (Fsp3) is 0.0714. The molecule has 0 amide bonds. The van der Waals surface area contributed by atoms with E-state index < -0.39 is 22.5 Å². The second kappa shape index (κ2) is 7.25. The molecule has 0 bridgehead atoms. The van der Waals surface area contributed by atoms with Crippen molar-refractivity contribution in [2.75, 3.05) is 10.8 Å². The molecule has 0 spiro atoms. The third-order valence-corrected chi connectivity index (χ3v) is 6.29. The Morgan fingerprint density at radius 3 is 2.35 bits per heavy atom. The van der Waals surface area contributed by atoms with Crippen molar-refractivity contribution >= 4 is 67.5 Å². The second-order valence-electron chi connectivity index (χ2n) is 4.43. The Hall–Kier alpha value is -1.03. The van der Waals surface area contributed by atoms with E-state index in [1.54, 1.807) is 24.3 Å². The zero-order valence-corrected chi connectivity index (χ0v) is 15.9. The van der Waals surface area contributed by atoms with E-state index in [1.807, 2.05) is 22.6 Å².